The van der Waals surface area contributed by atoms with Gasteiger partial charge in [0.1, 0.15) is 0 Å². The van der Waals surface area contributed by atoms with Crippen LogP contribution in [-0.4, -0.2) is 6.61 Å². The van der Waals surface area contributed by atoms with Gasteiger partial charge in [0.2, 0.25) is 0 Å². The van der Waals surface area contributed by atoms with Gasteiger partial charge >= 0.3 is 0 Å². The molecule has 0 unspecified atom stereocenters. The molecule has 0 saturated heterocycles. The van der Waals surface area contributed by atoms with E-state index in [9.17, 15) is 0 Å². The molecule has 0 rings (SSSR count). The van der Waals surface area contributed by atoms with Crippen molar-refractivity contribution >= 4 is 0 Å². The Hall–Kier alpha value is -0.460. The smallest absolute Gasteiger partial charge is 0.0899 e. The Morgan fingerprint density at radius 3 is 2.44 bits per heavy atom. The third-order valence-electron chi connectivity index (χ3n) is 1.05. The average Bonchev–Trinajstić information content (AvgIpc) is 1.83. The Kier molecular flexibility index (Phi) is 4.20. The van der Waals surface area contributed by atoms with Crippen molar-refractivity contribution in [1.29, 1.82) is 0 Å². The van der Waals surface area contributed by atoms with E-state index in [0.29, 0.717) is 5.92 Å². The lowest BCUT2D eigenvalue weighted by molar-refractivity contribution is 0.180. The van der Waals surface area contributed by atoms with Crippen LogP contribution in [0.4, 0.5) is 0 Å². The summed E-state index contributed by atoms with van der Waals surface area (Å²) in [4.78, 5) is 0. The summed E-state index contributed by atoms with van der Waals surface area (Å²) in [7, 11) is 0. The SMILES string of the molecule is CC=C(C)OCC(C)C. The molecular weight excluding hydrogens is 112 g/mol. The quantitative estimate of drug-likeness (QED) is 0.531. The standard InChI is InChI=1S/C8H16O/c1-5-8(4)9-6-7(2)3/h5,7H,6H2,1-4H3. The zero-order valence-corrected chi connectivity index (χ0v) is 6.77. The van der Waals surface area contributed by atoms with Crippen LogP contribution in [0.5, 0.6) is 0 Å². The number of ether oxygens (including phenoxy) is 1. The molecule has 0 aliphatic carbocycles. The van der Waals surface area contributed by atoms with Crippen LogP contribution in [-0.2, 0) is 4.74 Å². The third-order valence-corrected chi connectivity index (χ3v) is 1.05. The molecule has 0 aliphatic rings. The van der Waals surface area contributed by atoms with Gasteiger partial charge in [0.05, 0.1) is 12.4 Å². The van der Waals surface area contributed by atoms with Crippen LogP contribution in [0.1, 0.15) is 27.7 Å². The molecule has 0 radical (unpaired) electrons. The average molecular weight is 128 g/mol. The second-order valence-electron chi connectivity index (χ2n) is 2.60. The Morgan fingerprint density at radius 2 is 2.11 bits per heavy atom. The monoisotopic (exact) mass is 128 g/mol. The Labute approximate surface area is 57.7 Å². The highest BCUT2D eigenvalue weighted by molar-refractivity contribution is 4.83. The first kappa shape index (κ1) is 8.54. The first-order valence-electron chi connectivity index (χ1n) is 3.42. The van der Waals surface area contributed by atoms with Crippen LogP contribution in [0.15, 0.2) is 11.8 Å². The summed E-state index contributed by atoms with van der Waals surface area (Å²) >= 11 is 0. The topological polar surface area (TPSA) is 9.23 Å². The maximum absolute atomic E-state index is 5.31. The van der Waals surface area contributed by atoms with E-state index in [2.05, 4.69) is 13.8 Å². The van der Waals surface area contributed by atoms with Gasteiger partial charge in [-0.3, -0.25) is 0 Å². The van der Waals surface area contributed by atoms with Crippen LogP contribution >= 0.6 is 0 Å². The second-order valence-corrected chi connectivity index (χ2v) is 2.60. The van der Waals surface area contributed by atoms with Crippen LogP contribution in [0, 0.1) is 5.92 Å². The Bertz CT molecular complexity index is 92.7. The van der Waals surface area contributed by atoms with Crippen molar-refractivity contribution in [2.24, 2.45) is 5.92 Å². The molecule has 0 bridgehead atoms. The van der Waals surface area contributed by atoms with E-state index in [1.807, 2.05) is 19.9 Å². The molecule has 1 heteroatoms. The maximum atomic E-state index is 5.31. The van der Waals surface area contributed by atoms with Gasteiger partial charge in [-0.25, -0.2) is 0 Å². The highest BCUT2D eigenvalue weighted by Crippen LogP contribution is 1.99. The van der Waals surface area contributed by atoms with Gasteiger partial charge in [0, 0.05) is 0 Å². The molecule has 0 spiro atoms. The van der Waals surface area contributed by atoms with E-state index in [1.54, 1.807) is 0 Å². The number of hydrogen-bond acceptors (Lipinski definition) is 1. The summed E-state index contributed by atoms with van der Waals surface area (Å²) in [5.41, 5.74) is 0. The van der Waals surface area contributed by atoms with Gasteiger partial charge in [0.25, 0.3) is 0 Å². The van der Waals surface area contributed by atoms with Crippen LogP contribution in [0.2, 0.25) is 0 Å². The van der Waals surface area contributed by atoms with Gasteiger partial charge in [-0.2, -0.15) is 0 Å². The minimum absolute atomic E-state index is 0.625. The molecule has 0 saturated carbocycles. The van der Waals surface area contributed by atoms with Crippen molar-refractivity contribution in [3.63, 3.8) is 0 Å². The van der Waals surface area contributed by atoms with E-state index in [-0.39, 0.29) is 0 Å². The molecule has 0 aliphatic heterocycles. The van der Waals surface area contributed by atoms with Gasteiger partial charge < -0.3 is 4.74 Å². The van der Waals surface area contributed by atoms with Gasteiger partial charge in [-0.05, 0) is 19.8 Å². The lowest BCUT2D eigenvalue weighted by atomic mass is 10.2. The van der Waals surface area contributed by atoms with Crippen molar-refractivity contribution < 1.29 is 4.74 Å². The van der Waals surface area contributed by atoms with E-state index in [0.717, 1.165) is 12.4 Å². The van der Waals surface area contributed by atoms with Gasteiger partial charge in [-0.15, -0.1) is 0 Å². The lowest BCUT2D eigenvalue weighted by Crippen LogP contribution is -1.99. The summed E-state index contributed by atoms with van der Waals surface area (Å²) in [6, 6.07) is 0. The maximum Gasteiger partial charge on any atom is 0.0899 e. The molecule has 0 aromatic rings. The summed E-state index contributed by atoms with van der Waals surface area (Å²) in [5.74, 6) is 1.64. The Morgan fingerprint density at radius 1 is 1.56 bits per heavy atom. The van der Waals surface area contributed by atoms with E-state index >= 15 is 0 Å². The molecule has 9 heavy (non-hydrogen) atoms. The molecule has 0 heterocycles. The van der Waals surface area contributed by atoms with Crippen molar-refractivity contribution in [1.82, 2.24) is 0 Å². The third kappa shape index (κ3) is 5.41. The highest BCUT2D eigenvalue weighted by Gasteiger charge is 1.92. The summed E-state index contributed by atoms with van der Waals surface area (Å²) in [5, 5.41) is 0. The predicted molar refractivity (Wildman–Crippen MR) is 40.2 cm³/mol. The molecule has 0 aromatic carbocycles. The van der Waals surface area contributed by atoms with Crippen molar-refractivity contribution in [2.75, 3.05) is 6.61 Å². The normalized spacial score (nSPS) is 12.3. The fourth-order valence-corrected chi connectivity index (χ4v) is 0.381. The minimum atomic E-state index is 0.625. The first-order valence-corrected chi connectivity index (χ1v) is 3.42. The fourth-order valence-electron chi connectivity index (χ4n) is 0.381. The minimum Gasteiger partial charge on any atom is -0.498 e. The second kappa shape index (κ2) is 4.42. The number of hydrogen-bond donors (Lipinski definition) is 0. The molecular formula is C8H16O. The van der Waals surface area contributed by atoms with Crippen molar-refractivity contribution in [2.45, 2.75) is 27.7 Å². The molecule has 0 fully saturated rings. The molecule has 0 N–H and O–H groups in total. The highest BCUT2D eigenvalue weighted by atomic mass is 16.5. The molecule has 54 valence electrons. The van der Waals surface area contributed by atoms with E-state index in [4.69, 9.17) is 4.74 Å². The number of rotatable bonds is 3. The van der Waals surface area contributed by atoms with Crippen molar-refractivity contribution in [3.05, 3.63) is 11.8 Å². The van der Waals surface area contributed by atoms with E-state index in [1.165, 1.54) is 0 Å². The first-order chi connectivity index (χ1) is 4.16. The molecule has 0 aromatic heterocycles. The van der Waals surface area contributed by atoms with Crippen molar-refractivity contribution in [3.8, 4) is 0 Å². The van der Waals surface area contributed by atoms with Gasteiger partial charge in [-0.1, -0.05) is 19.9 Å². The Balaban J connectivity index is 3.28. The van der Waals surface area contributed by atoms with Gasteiger partial charge in [0.15, 0.2) is 0 Å². The van der Waals surface area contributed by atoms with E-state index < -0.39 is 0 Å². The summed E-state index contributed by atoms with van der Waals surface area (Å²) < 4.78 is 5.31. The van der Waals surface area contributed by atoms with Crippen LogP contribution < -0.4 is 0 Å². The molecule has 0 amide bonds. The van der Waals surface area contributed by atoms with Crippen LogP contribution in [0.25, 0.3) is 0 Å². The summed E-state index contributed by atoms with van der Waals surface area (Å²) in [6.07, 6.45) is 1.97. The zero-order chi connectivity index (χ0) is 7.28. The molecule has 0 atom stereocenters. The largest absolute Gasteiger partial charge is 0.498 e. The predicted octanol–water partition coefficient (Wildman–Crippen LogP) is 2.58. The summed E-state index contributed by atoms with van der Waals surface area (Å²) in [6.45, 7) is 9.07. The lowest BCUT2D eigenvalue weighted by Gasteiger charge is -2.07. The van der Waals surface area contributed by atoms with Crippen LogP contribution in [0.3, 0.4) is 0 Å². The molecule has 1 nitrogen and oxygen atoms in total. The fraction of sp³-hybridized carbons (Fsp3) is 0.750. The zero-order valence-electron chi connectivity index (χ0n) is 6.77. The number of allylic oxidation sites excluding steroid dienone is 2.